The van der Waals surface area contributed by atoms with Crippen LogP contribution >= 0.6 is 0 Å². The lowest BCUT2D eigenvalue weighted by Crippen LogP contribution is -2.40. The summed E-state index contributed by atoms with van der Waals surface area (Å²) in [7, 11) is -3.73. The van der Waals surface area contributed by atoms with Crippen molar-refractivity contribution in [2.24, 2.45) is 0 Å². The van der Waals surface area contributed by atoms with Gasteiger partial charge in [-0.2, -0.15) is 5.10 Å². The van der Waals surface area contributed by atoms with Crippen LogP contribution in [0.3, 0.4) is 0 Å². The Morgan fingerprint density at radius 1 is 1.21 bits per heavy atom. The number of nitrogens with two attached hydrogens (primary N) is 1. The second kappa shape index (κ2) is 8.10. The van der Waals surface area contributed by atoms with Gasteiger partial charge in [0.15, 0.2) is 5.65 Å². The average molecular weight is 481 g/mol. The first-order valence-corrected chi connectivity index (χ1v) is 12.0. The van der Waals surface area contributed by atoms with Crippen LogP contribution in [0.5, 0.6) is 5.75 Å². The van der Waals surface area contributed by atoms with Crippen LogP contribution in [0.4, 0.5) is 15.9 Å². The predicted molar refractivity (Wildman–Crippen MR) is 127 cm³/mol. The Bertz CT molecular complexity index is 1530. The van der Waals surface area contributed by atoms with Crippen molar-refractivity contribution >= 4 is 32.6 Å². The molecule has 2 aromatic heterocycles. The van der Waals surface area contributed by atoms with Crippen LogP contribution in [0.25, 0.3) is 22.3 Å². The number of hydrogen-bond acceptors (Lipinski definition) is 7. The maximum atomic E-state index is 14.1. The van der Waals surface area contributed by atoms with Gasteiger partial charge in [0.2, 0.25) is 0 Å². The number of aromatic hydroxyl groups is 1. The molecule has 3 N–H and O–H groups in total. The van der Waals surface area contributed by atoms with Gasteiger partial charge >= 0.3 is 0 Å². The standard InChI is InChI=1S/C23H21FN6O3S/c1-2-7-34(32,33)29-12-17(9-14-5-3-4-6-19(14)29)30-23-20(22(25)26-13-27-23)21(28-30)15-8-16(24)11-18(31)10-15/h2-8,10-11,13,17,31H,9,12H2,1H3,(H2,25,26,27)/b7-2+. The molecule has 0 aliphatic carbocycles. The van der Waals surface area contributed by atoms with Gasteiger partial charge in [-0.15, -0.1) is 0 Å². The highest BCUT2D eigenvalue weighted by atomic mass is 32.2. The zero-order chi connectivity index (χ0) is 24.0. The van der Waals surface area contributed by atoms with Crippen LogP contribution in [0.1, 0.15) is 18.5 Å². The Labute approximate surface area is 195 Å². The lowest BCUT2D eigenvalue weighted by Gasteiger charge is -2.34. The largest absolute Gasteiger partial charge is 0.508 e. The highest BCUT2D eigenvalue weighted by Gasteiger charge is 2.33. The molecule has 0 bridgehead atoms. The molecular formula is C23H21FN6O3S. The van der Waals surface area contributed by atoms with Crippen LogP contribution in [0.15, 0.2) is 60.3 Å². The predicted octanol–water partition coefficient (Wildman–Crippen LogP) is 3.39. The van der Waals surface area contributed by atoms with Crippen LogP contribution in [-0.4, -0.2) is 39.8 Å². The summed E-state index contributed by atoms with van der Waals surface area (Å²) in [4.78, 5) is 8.41. The van der Waals surface area contributed by atoms with Crippen LogP contribution in [0, 0.1) is 5.82 Å². The molecule has 1 atom stereocenters. The van der Waals surface area contributed by atoms with E-state index in [1.54, 1.807) is 23.7 Å². The molecule has 1 unspecified atom stereocenters. The smallest absolute Gasteiger partial charge is 0.257 e. The molecule has 2 aromatic carbocycles. The summed E-state index contributed by atoms with van der Waals surface area (Å²) in [6, 6.07) is 10.5. The minimum absolute atomic E-state index is 0.109. The number of allylic oxidation sites excluding steroid dienone is 1. The topological polar surface area (TPSA) is 127 Å². The summed E-state index contributed by atoms with van der Waals surface area (Å²) in [5.74, 6) is -0.753. The van der Waals surface area contributed by atoms with Crippen molar-refractivity contribution in [1.82, 2.24) is 19.7 Å². The van der Waals surface area contributed by atoms with Gasteiger partial charge in [-0.1, -0.05) is 24.3 Å². The maximum absolute atomic E-state index is 14.1. The van der Waals surface area contributed by atoms with E-state index in [0.29, 0.717) is 34.4 Å². The molecule has 1 aliphatic heterocycles. The zero-order valence-corrected chi connectivity index (χ0v) is 18.9. The Morgan fingerprint density at radius 2 is 2.00 bits per heavy atom. The van der Waals surface area contributed by atoms with E-state index in [9.17, 15) is 17.9 Å². The Balaban J connectivity index is 1.70. The third kappa shape index (κ3) is 3.63. The first-order chi connectivity index (χ1) is 16.3. The number of phenols is 1. The first-order valence-electron chi connectivity index (χ1n) is 10.5. The van der Waals surface area contributed by atoms with Gasteiger partial charge < -0.3 is 10.8 Å². The molecular weight excluding hydrogens is 459 g/mol. The number of para-hydroxylation sites is 1. The van der Waals surface area contributed by atoms with Crippen molar-refractivity contribution in [3.63, 3.8) is 0 Å². The third-order valence-corrected chi connectivity index (χ3v) is 7.30. The Morgan fingerprint density at radius 3 is 2.76 bits per heavy atom. The number of anilines is 2. The third-order valence-electron chi connectivity index (χ3n) is 5.73. The van der Waals surface area contributed by atoms with Gasteiger partial charge in [0.1, 0.15) is 29.4 Å². The number of rotatable bonds is 4. The highest BCUT2D eigenvalue weighted by Crippen LogP contribution is 2.38. The molecule has 0 saturated heterocycles. The number of nitrogens with zero attached hydrogens (tertiary/aromatic N) is 5. The maximum Gasteiger partial charge on any atom is 0.257 e. The Kier molecular flexibility index (Phi) is 5.20. The number of benzene rings is 2. The van der Waals surface area contributed by atoms with Crippen molar-refractivity contribution in [1.29, 1.82) is 0 Å². The lowest BCUT2D eigenvalue weighted by atomic mass is 10.00. The summed E-state index contributed by atoms with van der Waals surface area (Å²) in [5.41, 5.74) is 8.58. The zero-order valence-electron chi connectivity index (χ0n) is 18.1. The number of halogens is 1. The van der Waals surface area contributed by atoms with Crippen LogP contribution in [-0.2, 0) is 16.4 Å². The Hall–Kier alpha value is -3.99. The average Bonchev–Trinajstić information content (AvgIpc) is 3.19. The SMILES string of the molecule is C/C=C/S(=O)(=O)N1CC(n2nc(-c3cc(O)cc(F)c3)c3c(N)ncnc32)Cc2ccccc21. The highest BCUT2D eigenvalue weighted by molar-refractivity contribution is 7.95. The summed E-state index contributed by atoms with van der Waals surface area (Å²) in [6.45, 7) is 1.75. The second-order valence-electron chi connectivity index (χ2n) is 7.98. The molecule has 0 fully saturated rings. The van der Waals surface area contributed by atoms with E-state index in [0.717, 1.165) is 17.0 Å². The fourth-order valence-corrected chi connectivity index (χ4v) is 5.67. The summed E-state index contributed by atoms with van der Waals surface area (Å²) >= 11 is 0. The number of aromatic nitrogens is 4. The number of sulfonamides is 1. The second-order valence-corrected chi connectivity index (χ2v) is 9.72. The molecule has 1 aliphatic rings. The summed E-state index contributed by atoms with van der Waals surface area (Å²) in [5, 5.41) is 16.2. The number of phenolic OH excluding ortho intramolecular Hbond substituents is 1. The number of fused-ring (bicyclic) bond motifs is 2. The molecule has 0 amide bonds. The molecule has 0 spiro atoms. The van der Waals surface area contributed by atoms with E-state index in [4.69, 9.17) is 5.73 Å². The lowest BCUT2D eigenvalue weighted by molar-refractivity contribution is 0.457. The van der Waals surface area contributed by atoms with Gasteiger partial charge in [0.05, 0.1) is 23.7 Å². The molecule has 0 radical (unpaired) electrons. The van der Waals surface area contributed by atoms with E-state index in [2.05, 4.69) is 15.1 Å². The fourth-order valence-electron chi connectivity index (χ4n) is 4.35. The molecule has 34 heavy (non-hydrogen) atoms. The van der Waals surface area contributed by atoms with Crippen molar-refractivity contribution in [2.75, 3.05) is 16.6 Å². The van der Waals surface area contributed by atoms with Gasteiger partial charge in [-0.3, -0.25) is 4.31 Å². The van der Waals surface area contributed by atoms with Crippen molar-refractivity contribution in [3.05, 3.63) is 71.7 Å². The molecule has 3 heterocycles. The van der Waals surface area contributed by atoms with Gasteiger partial charge in [0, 0.05) is 17.0 Å². The molecule has 11 heteroatoms. The number of hydrogen-bond donors (Lipinski definition) is 2. The van der Waals surface area contributed by atoms with E-state index in [-0.39, 0.29) is 18.1 Å². The van der Waals surface area contributed by atoms with Crippen molar-refractivity contribution in [2.45, 2.75) is 19.4 Å². The quantitative estimate of drug-likeness (QED) is 0.458. The molecule has 174 valence electrons. The molecule has 0 saturated carbocycles. The molecule has 5 rings (SSSR count). The van der Waals surface area contributed by atoms with Gasteiger partial charge in [0.25, 0.3) is 10.0 Å². The fraction of sp³-hybridized carbons (Fsp3) is 0.174. The van der Waals surface area contributed by atoms with E-state index >= 15 is 0 Å². The van der Waals surface area contributed by atoms with Crippen molar-refractivity contribution < 1.29 is 17.9 Å². The van der Waals surface area contributed by atoms with Crippen LogP contribution < -0.4 is 10.0 Å². The van der Waals surface area contributed by atoms with Crippen molar-refractivity contribution in [3.8, 4) is 17.0 Å². The summed E-state index contributed by atoms with van der Waals surface area (Å²) < 4.78 is 43.1. The normalized spacial score (nSPS) is 16.3. The van der Waals surface area contributed by atoms with Crippen LogP contribution in [0.2, 0.25) is 0 Å². The summed E-state index contributed by atoms with van der Waals surface area (Å²) in [6.07, 6.45) is 3.27. The minimum atomic E-state index is -3.73. The molecule has 4 aromatic rings. The first kappa shape index (κ1) is 21.8. The van der Waals surface area contributed by atoms with E-state index in [1.165, 1.54) is 28.8 Å². The minimum Gasteiger partial charge on any atom is -0.508 e. The molecule has 9 nitrogen and oxygen atoms in total. The monoisotopic (exact) mass is 480 g/mol. The van der Waals surface area contributed by atoms with E-state index in [1.807, 2.05) is 12.1 Å². The van der Waals surface area contributed by atoms with Gasteiger partial charge in [-0.25, -0.2) is 27.5 Å². The number of nitrogen functional groups attached to an aromatic ring is 1. The van der Waals surface area contributed by atoms with Gasteiger partial charge in [-0.05, 0) is 37.1 Å². The van der Waals surface area contributed by atoms with E-state index < -0.39 is 21.9 Å².